The van der Waals surface area contributed by atoms with E-state index in [0.29, 0.717) is 13.1 Å². The molecule has 3 heterocycles. The van der Waals surface area contributed by atoms with Gasteiger partial charge in [-0.2, -0.15) is 0 Å². The summed E-state index contributed by atoms with van der Waals surface area (Å²) in [6.45, 7) is 4.98. The van der Waals surface area contributed by atoms with Gasteiger partial charge in [0.1, 0.15) is 11.5 Å². The van der Waals surface area contributed by atoms with Gasteiger partial charge >= 0.3 is 6.03 Å². The van der Waals surface area contributed by atoms with E-state index in [1.165, 1.54) is 10.9 Å². The highest BCUT2D eigenvalue weighted by Gasteiger charge is 2.30. The third kappa shape index (κ3) is 2.44. The fourth-order valence-electron chi connectivity index (χ4n) is 3.47. The summed E-state index contributed by atoms with van der Waals surface area (Å²) in [5.74, 6) is 0.744. The Morgan fingerprint density at radius 1 is 1.46 bits per heavy atom. The first-order valence-corrected chi connectivity index (χ1v) is 8.19. The molecule has 0 saturated heterocycles. The largest absolute Gasteiger partial charge is 0.361 e. The minimum Gasteiger partial charge on any atom is -0.361 e. The molecular formula is C18H20N4O2. The highest BCUT2D eigenvalue weighted by atomic mass is 16.5. The molecule has 0 saturated carbocycles. The Bertz CT molecular complexity index is 895. The number of benzene rings is 1. The summed E-state index contributed by atoms with van der Waals surface area (Å²) in [5.41, 5.74) is 4.33. The molecule has 1 aromatic carbocycles. The molecule has 4 rings (SSSR count). The number of amides is 2. The summed E-state index contributed by atoms with van der Waals surface area (Å²) in [5, 5.41) is 8.09. The van der Waals surface area contributed by atoms with Crippen LogP contribution in [0.5, 0.6) is 0 Å². The lowest BCUT2D eigenvalue weighted by molar-refractivity contribution is 0.173. The van der Waals surface area contributed by atoms with E-state index in [-0.39, 0.29) is 12.1 Å². The maximum absolute atomic E-state index is 12.6. The van der Waals surface area contributed by atoms with Crippen LogP contribution in [0.3, 0.4) is 0 Å². The molecule has 2 amide bonds. The molecule has 0 aliphatic carbocycles. The molecule has 1 aliphatic heterocycles. The number of fused-ring (bicyclic) bond motifs is 3. The van der Waals surface area contributed by atoms with Gasteiger partial charge in [0.25, 0.3) is 0 Å². The molecule has 1 atom stereocenters. The van der Waals surface area contributed by atoms with Gasteiger partial charge in [-0.05, 0) is 31.9 Å². The van der Waals surface area contributed by atoms with Crippen molar-refractivity contribution in [2.45, 2.75) is 32.9 Å². The monoisotopic (exact) mass is 324 g/mol. The van der Waals surface area contributed by atoms with Crippen LogP contribution in [0.2, 0.25) is 0 Å². The van der Waals surface area contributed by atoms with Gasteiger partial charge in [-0.15, -0.1) is 0 Å². The molecule has 2 N–H and O–H groups in total. The van der Waals surface area contributed by atoms with Gasteiger partial charge in [-0.1, -0.05) is 23.4 Å². The smallest absolute Gasteiger partial charge is 0.318 e. The molecule has 0 bridgehead atoms. The average Bonchev–Trinajstić information content (AvgIpc) is 3.17. The summed E-state index contributed by atoms with van der Waals surface area (Å²) in [6.07, 6.45) is 0.861. The number of para-hydroxylation sites is 1. The molecule has 24 heavy (non-hydrogen) atoms. The number of carbonyl (C=O) groups is 1. The third-order valence-electron chi connectivity index (χ3n) is 4.69. The zero-order chi connectivity index (χ0) is 16.7. The molecule has 1 aliphatic rings. The van der Waals surface area contributed by atoms with Crippen LogP contribution in [0, 0.1) is 6.92 Å². The summed E-state index contributed by atoms with van der Waals surface area (Å²) in [7, 11) is 0. The predicted molar refractivity (Wildman–Crippen MR) is 90.6 cm³/mol. The van der Waals surface area contributed by atoms with E-state index in [1.807, 2.05) is 24.0 Å². The van der Waals surface area contributed by atoms with E-state index in [9.17, 15) is 4.79 Å². The lowest BCUT2D eigenvalue weighted by Gasteiger charge is -2.33. The van der Waals surface area contributed by atoms with Crippen molar-refractivity contribution in [2.24, 2.45) is 0 Å². The second-order valence-corrected chi connectivity index (χ2v) is 6.27. The van der Waals surface area contributed by atoms with Crippen molar-refractivity contribution < 1.29 is 9.32 Å². The van der Waals surface area contributed by atoms with Crippen molar-refractivity contribution >= 4 is 16.9 Å². The number of nitrogens with zero attached hydrogens (tertiary/aromatic N) is 2. The van der Waals surface area contributed by atoms with Crippen molar-refractivity contribution in [1.82, 2.24) is 20.4 Å². The Hall–Kier alpha value is -2.76. The molecule has 6 nitrogen and oxygen atoms in total. The molecule has 0 spiro atoms. The van der Waals surface area contributed by atoms with Gasteiger partial charge in [0.15, 0.2) is 0 Å². The van der Waals surface area contributed by atoms with Crippen molar-refractivity contribution in [3.05, 3.63) is 53.0 Å². The molecule has 2 aromatic heterocycles. The number of urea groups is 1. The summed E-state index contributed by atoms with van der Waals surface area (Å²) >= 11 is 0. The molecule has 6 heteroatoms. The predicted octanol–water partition coefficient (Wildman–Crippen LogP) is 3.29. The Morgan fingerprint density at radius 3 is 3.08 bits per heavy atom. The first-order chi connectivity index (χ1) is 11.6. The zero-order valence-electron chi connectivity index (χ0n) is 13.8. The van der Waals surface area contributed by atoms with E-state index in [2.05, 4.69) is 40.6 Å². The van der Waals surface area contributed by atoms with Crippen LogP contribution in [0.15, 0.2) is 34.9 Å². The zero-order valence-corrected chi connectivity index (χ0v) is 13.8. The van der Waals surface area contributed by atoms with Gasteiger partial charge in [-0.25, -0.2) is 4.79 Å². The van der Waals surface area contributed by atoms with Crippen LogP contribution >= 0.6 is 0 Å². The van der Waals surface area contributed by atoms with Gasteiger partial charge < -0.3 is 19.7 Å². The Labute approximate surface area is 139 Å². The second kappa shape index (κ2) is 5.70. The minimum absolute atomic E-state index is 0.0141. The number of aromatic amines is 1. The number of hydrogen-bond acceptors (Lipinski definition) is 3. The fourth-order valence-corrected chi connectivity index (χ4v) is 3.47. The van der Waals surface area contributed by atoms with Gasteiger partial charge in [0.05, 0.1) is 12.6 Å². The molecule has 0 radical (unpaired) electrons. The van der Waals surface area contributed by atoms with Crippen LogP contribution < -0.4 is 5.32 Å². The molecule has 3 aromatic rings. The van der Waals surface area contributed by atoms with E-state index < -0.39 is 0 Å². The first kappa shape index (κ1) is 14.8. The van der Waals surface area contributed by atoms with Crippen LogP contribution in [-0.2, 0) is 13.0 Å². The van der Waals surface area contributed by atoms with Crippen molar-refractivity contribution in [3.8, 4) is 0 Å². The van der Waals surface area contributed by atoms with Crippen LogP contribution in [-0.4, -0.2) is 27.6 Å². The molecular weight excluding hydrogens is 304 g/mol. The maximum atomic E-state index is 12.6. The lowest BCUT2D eigenvalue weighted by Crippen LogP contribution is -2.44. The summed E-state index contributed by atoms with van der Waals surface area (Å²) in [4.78, 5) is 17.9. The lowest BCUT2D eigenvalue weighted by atomic mass is 9.98. The third-order valence-corrected chi connectivity index (χ3v) is 4.69. The molecule has 0 fully saturated rings. The van der Waals surface area contributed by atoms with Crippen LogP contribution in [0.25, 0.3) is 10.9 Å². The number of aromatic nitrogens is 2. The number of rotatable bonds is 2. The standard InChI is InChI=1S/C18H20N4O2/c1-11-9-13(21-24-11)10-19-18(23)22-8-7-15-14-5-3-4-6-16(14)20-17(15)12(22)2/h3-6,9,12,20H,7-8,10H2,1-2H3,(H,19,23)/t12-/m0/s1. The van der Waals surface area contributed by atoms with Gasteiger partial charge in [0, 0.05) is 29.2 Å². The van der Waals surface area contributed by atoms with Crippen LogP contribution in [0.1, 0.15) is 35.7 Å². The van der Waals surface area contributed by atoms with E-state index in [0.717, 1.165) is 29.1 Å². The van der Waals surface area contributed by atoms with Crippen LogP contribution in [0.4, 0.5) is 4.79 Å². The topological polar surface area (TPSA) is 74.2 Å². The number of carbonyl (C=O) groups excluding carboxylic acids is 1. The van der Waals surface area contributed by atoms with Crippen molar-refractivity contribution in [1.29, 1.82) is 0 Å². The normalized spacial score (nSPS) is 17.1. The van der Waals surface area contributed by atoms with E-state index in [1.54, 1.807) is 0 Å². The Balaban J connectivity index is 1.52. The Kier molecular flexibility index (Phi) is 3.52. The van der Waals surface area contributed by atoms with E-state index >= 15 is 0 Å². The minimum atomic E-state index is -0.0764. The highest BCUT2D eigenvalue weighted by molar-refractivity contribution is 5.86. The number of nitrogens with one attached hydrogen (secondary N) is 2. The molecule has 0 unspecified atom stereocenters. The highest BCUT2D eigenvalue weighted by Crippen LogP contribution is 2.34. The Morgan fingerprint density at radius 2 is 2.29 bits per heavy atom. The quantitative estimate of drug-likeness (QED) is 0.759. The van der Waals surface area contributed by atoms with E-state index in [4.69, 9.17) is 4.52 Å². The fraction of sp³-hybridized carbons (Fsp3) is 0.333. The number of aryl methyl sites for hydroxylation is 1. The van der Waals surface area contributed by atoms with Gasteiger partial charge in [-0.3, -0.25) is 0 Å². The van der Waals surface area contributed by atoms with Crippen molar-refractivity contribution in [3.63, 3.8) is 0 Å². The van der Waals surface area contributed by atoms with Gasteiger partial charge in [0.2, 0.25) is 0 Å². The first-order valence-electron chi connectivity index (χ1n) is 8.19. The summed E-state index contributed by atoms with van der Waals surface area (Å²) < 4.78 is 5.02. The number of H-pyrrole nitrogens is 1. The molecule has 124 valence electrons. The SMILES string of the molecule is Cc1cc(CNC(=O)N2CCc3c([nH]c4ccccc34)[C@@H]2C)no1. The second-order valence-electron chi connectivity index (χ2n) is 6.27. The summed E-state index contributed by atoms with van der Waals surface area (Å²) in [6, 6.07) is 10.1. The van der Waals surface area contributed by atoms with Crippen molar-refractivity contribution in [2.75, 3.05) is 6.54 Å². The average molecular weight is 324 g/mol. The number of hydrogen-bond donors (Lipinski definition) is 2. The maximum Gasteiger partial charge on any atom is 0.318 e.